The van der Waals surface area contributed by atoms with Gasteiger partial charge in [0.15, 0.2) is 0 Å². The van der Waals surface area contributed by atoms with Gasteiger partial charge < -0.3 is 4.90 Å². The third kappa shape index (κ3) is 3.27. The maximum absolute atomic E-state index is 13.0. The Kier molecular flexibility index (Phi) is 4.72. The second kappa shape index (κ2) is 6.92. The molecule has 23 heavy (non-hydrogen) atoms. The van der Waals surface area contributed by atoms with Gasteiger partial charge in [-0.1, -0.05) is 31.2 Å². The molecular formula is C19H23N3O. The number of benzene rings is 1. The van der Waals surface area contributed by atoms with Crippen LogP contribution in [0.3, 0.4) is 0 Å². The van der Waals surface area contributed by atoms with E-state index in [1.165, 1.54) is 5.56 Å². The number of likely N-dealkylation sites (N-methyl/N-ethyl adjacent to an activating group) is 1. The highest BCUT2D eigenvalue weighted by Crippen LogP contribution is 2.28. The number of pyridine rings is 1. The number of carbonyl (C=O) groups excluding carboxylic acids is 1. The molecule has 1 atom stereocenters. The minimum atomic E-state index is -0.159. The van der Waals surface area contributed by atoms with Crippen molar-refractivity contribution in [1.29, 1.82) is 0 Å². The molecule has 3 rings (SSSR count). The molecule has 2 heterocycles. The molecule has 0 fully saturated rings. The summed E-state index contributed by atoms with van der Waals surface area (Å²) in [6.45, 7) is 6.38. The number of carbonyl (C=O) groups is 1. The van der Waals surface area contributed by atoms with Gasteiger partial charge in [-0.25, -0.2) is 0 Å². The van der Waals surface area contributed by atoms with E-state index >= 15 is 0 Å². The number of anilines is 1. The summed E-state index contributed by atoms with van der Waals surface area (Å²) in [5.41, 5.74) is 3.33. The van der Waals surface area contributed by atoms with E-state index in [4.69, 9.17) is 0 Å². The molecular weight excluding hydrogens is 286 g/mol. The first-order chi connectivity index (χ1) is 11.2. The van der Waals surface area contributed by atoms with Crippen LogP contribution in [-0.2, 0) is 17.8 Å². The van der Waals surface area contributed by atoms with Gasteiger partial charge in [-0.15, -0.1) is 0 Å². The second-order valence-corrected chi connectivity index (χ2v) is 5.93. The number of aromatic nitrogens is 1. The Morgan fingerprint density at radius 2 is 2.04 bits per heavy atom. The van der Waals surface area contributed by atoms with Crippen LogP contribution in [0.25, 0.3) is 0 Å². The fraction of sp³-hybridized carbons (Fsp3) is 0.368. The summed E-state index contributed by atoms with van der Waals surface area (Å²) >= 11 is 0. The van der Waals surface area contributed by atoms with E-state index in [9.17, 15) is 4.79 Å². The first kappa shape index (κ1) is 15.7. The summed E-state index contributed by atoms with van der Waals surface area (Å²) in [4.78, 5) is 21.4. The molecule has 4 heteroatoms. The molecule has 0 unspecified atom stereocenters. The van der Waals surface area contributed by atoms with Gasteiger partial charge in [0.05, 0.1) is 11.7 Å². The fourth-order valence-electron chi connectivity index (χ4n) is 3.17. The van der Waals surface area contributed by atoms with E-state index in [-0.39, 0.29) is 11.9 Å². The van der Waals surface area contributed by atoms with Gasteiger partial charge in [0.1, 0.15) is 0 Å². The highest BCUT2D eigenvalue weighted by molar-refractivity contribution is 5.98. The van der Waals surface area contributed by atoms with Crippen LogP contribution in [0, 0.1) is 0 Å². The van der Waals surface area contributed by atoms with E-state index in [1.807, 2.05) is 48.2 Å². The molecule has 0 aliphatic carbocycles. The largest absolute Gasteiger partial charge is 0.310 e. The Morgan fingerprint density at radius 3 is 2.78 bits per heavy atom. The Morgan fingerprint density at radius 1 is 1.26 bits per heavy atom. The summed E-state index contributed by atoms with van der Waals surface area (Å²) in [5.74, 6) is 0.174. The summed E-state index contributed by atoms with van der Waals surface area (Å²) < 4.78 is 0. The number of amides is 1. The molecule has 1 aliphatic heterocycles. The lowest BCUT2D eigenvalue weighted by molar-refractivity contribution is -0.123. The average molecular weight is 309 g/mol. The third-order valence-corrected chi connectivity index (χ3v) is 4.56. The number of hydrogen-bond acceptors (Lipinski definition) is 3. The molecule has 1 aromatic heterocycles. The molecule has 0 spiro atoms. The van der Waals surface area contributed by atoms with Crippen LogP contribution in [0.4, 0.5) is 5.69 Å². The Labute approximate surface area is 137 Å². The van der Waals surface area contributed by atoms with Gasteiger partial charge in [0.2, 0.25) is 5.91 Å². The van der Waals surface area contributed by atoms with E-state index < -0.39 is 0 Å². The smallest absolute Gasteiger partial charge is 0.244 e. The van der Waals surface area contributed by atoms with Gasteiger partial charge in [0.25, 0.3) is 0 Å². The maximum Gasteiger partial charge on any atom is 0.244 e. The van der Waals surface area contributed by atoms with Gasteiger partial charge in [0, 0.05) is 25.0 Å². The van der Waals surface area contributed by atoms with E-state index in [0.29, 0.717) is 6.54 Å². The van der Waals surface area contributed by atoms with Crippen LogP contribution >= 0.6 is 0 Å². The first-order valence-electron chi connectivity index (χ1n) is 8.24. The Hall–Kier alpha value is -2.20. The molecule has 4 nitrogen and oxygen atoms in total. The van der Waals surface area contributed by atoms with Crippen molar-refractivity contribution >= 4 is 11.6 Å². The van der Waals surface area contributed by atoms with Crippen LogP contribution < -0.4 is 4.90 Å². The standard InChI is InChI=1S/C19H23N3O/c1-3-21(14-17-9-6-7-12-20-17)15(2)19(23)22-13-11-16-8-4-5-10-18(16)22/h4-10,12,15H,3,11,13-14H2,1-2H3/t15-/m0/s1. The SMILES string of the molecule is CCN(Cc1ccccn1)[C@@H](C)C(=O)N1CCc2ccccc21. The summed E-state index contributed by atoms with van der Waals surface area (Å²) in [7, 11) is 0. The lowest BCUT2D eigenvalue weighted by Crippen LogP contribution is -2.46. The quantitative estimate of drug-likeness (QED) is 0.852. The van der Waals surface area contributed by atoms with E-state index in [0.717, 1.165) is 30.9 Å². The molecule has 0 N–H and O–H groups in total. The fourth-order valence-corrected chi connectivity index (χ4v) is 3.17. The summed E-state index contributed by atoms with van der Waals surface area (Å²) in [6.07, 6.45) is 2.74. The van der Waals surface area contributed by atoms with Crippen LogP contribution in [-0.4, -0.2) is 34.9 Å². The van der Waals surface area contributed by atoms with Crippen LogP contribution in [0.1, 0.15) is 25.1 Å². The number of fused-ring (bicyclic) bond motifs is 1. The summed E-state index contributed by atoms with van der Waals surface area (Å²) in [5, 5.41) is 0. The average Bonchev–Trinajstić information content (AvgIpc) is 3.03. The van der Waals surface area contributed by atoms with Gasteiger partial charge >= 0.3 is 0 Å². The minimum absolute atomic E-state index is 0.159. The normalized spacial score (nSPS) is 14.8. The molecule has 1 aliphatic rings. The van der Waals surface area contributed by atoms with Crippen LogP contribution in [0.2, 0.25) is 0 Å². The predicted molar refractivity (Wildman–Crippen MR) is 92.3 cm³/mol. The third-order valence-electron chi connectivity index (χ3n) is 4.56. The molecule has 2 aromatic rings. The van der Waals surface area contributed by atoms with Crippen molar-refractivity contribution < 1.29 is 4.79 Å². The molecule has 0 saturated carbocycles. The lowest BCUT2D eigenvalue weighted by atomic mass is 10.1. The van der Waals surface area contributed by atoms with Gasteiger partial charge in [-0.3, -0.25) is 14.7 Å². The van der Waals surface area contributed by atoms with Crippen molar-refractivity contribution in [3.05, 3.63) is 59.9 Å². The van der Waals surface area contributed by atoms with Crippen LogP contribution in [0.5, 0.6) is 0 Å². The number of nitrogens with zero attached hydrogens (tertiary/aromatic N) is 3. The van der Waals surface area contributed by atoms with Crippen molar-refractivity contribution in [3.8, 4) is 0 Å². The van der Waals surface area contributed by atoms with Gasteiger partial charge in [-0.2, -0.15) is 0 Å². The molecule has 0 radical (unpaired) electrons. The second-order valence-electron chi connectivity index (χ2n) is 5.93. The molecule has 1 amide bonds. The monoisotopic (exact) mass is 309 g/mol. The minimum Gasteiger partial charge on any atom is -0.310 e. The van der Waals surface area contributed by atoms with Crippen molar-refractivity contribution in [1.82, 2.24) is 9.88 Å². The highest BCUT2D eigenvalue weighted by atomic mass is 16.2. The van der Waals surface area contributed by atoms with Crippen molar-refractivity contribution in [3.63, 3.8) is 0 Å². The maximum atomic E-state index is 13.0. The van der Waals surface area contributed by atoms with Crippen LogP contribution in [0.15, 0.2) is 48.7 Å². The Bertz CT molecular complexity index is 671. The lowest BCUT2D eigenvalue weighted by Gasteiger charge is -2.30. The number of hydrogen-bond donors (Lipinski definition) is 0. The molecule has 0 bridgehead atoms. The van der Waals surface area contributed by atoms with Crippen molar-refractivity contribution in [2.45, 2.75) is 32.9 Å². The molecule has 120 valence electrons. The van der Waals surface area contributed by atoms with Gasteiger partial charge in [-0.05, 0) is 43.7 Å². The zero-order chi connectivity index (χ0) is 16.2. The summed E-state index contributed by atoms with van der Waals surface area (Å²) in [6, 6.07) is 13.9. The predicted octanol–water partition coefficient (Wildman–Crippen LogP) is 2.88. The van der Waals surface area contributed by atoms with E-state index in [1.54, 1.807) is 6.20 Å². The first-order valence-corrected chi connectivity index (χ1v) is 8.24. The topological polar surface area (TPSA) is 36.4 Å². The van der Waals surface area contributed by atoms with Crippen molar-refractivity contribution in [2.24, 2.45) is 0 Å². The zero-order valence-corrected chi connectivity index (χ0v) is 13.8. The van der Waals surface area contributed by atoms with E-state index in [2.05, 4.69) is 22.9 Å². The molecule has 0 saturated heterocycles. The highest BCUT2D eigenvalue weighted by Gasteiger charge is 2.30. The number of rotatable bonds is 5. The van der Waals surface area contributed by atoms with Crippen molar-refractivity contribution in [2.75, 3.05) is 18.0 Å². The Balaban J connectivity index is 1.74. The number of para-hydroxylation sites is 1. The molecule has 1 aromatic carbocycles. The zero-order valence-electron chi connectivity index (χ0n) is 13.8.